The van der Waals surface area contributed by atoms with Crippen LogP contribution >= 0.6 is 31.9 Å². The number of aromatic hydroxyl groups is 4. The molecule has 11 rings (SSSR count). The summed E-state index contributed by atoms with van der Waals surface area (Å²) in [4.78, 5) is 19.6. The molecule has 10 heteroatoms. The molecule has 66 heavy (non-hydrogen) atoms. The lowest BCUT2D eigenvalue weighted by Gasteiger charge is -2.17. The van der Waals surface area contributed by atoms with Crippen molar-refractivity contribution in [1.82, 2.24) is 0 Å². The molecule has 0 aliphatic carbocycles. The molecule has 8 nitrogen and oxygen atoms in total. The van der Waals surface area contributed by atoms with E-state index in [-0.39, 0.29) is 23.0 Å². The highest BCUT2D eigenvalue weighted by atomic mass is 79.9. The van der Waals surface area contributed by atoms with Crippen molar-refractivity contribution in [2.75, 3.05) is 0 Å². The SMILES string of the molecule is Oc1c2cc3ccccc3c1-c1c(O)c(cc3ccccc13)C=Nc1ccc(Br)cc1N=Cc1cc3ccccc3c(c1O)-c1c(O)c(cc3ccccc13)C=Nc1cc(Br)ccc1N=C2. The maximum absolute atomic E-state index is 12.4. The van der Waals surface area contributed by atoms with Crippen LogP contribution in [0, 0.1) is 0 Å². The van der Waals surface area contributed by atoms with E-state index < -0.39 is 0 Å². The third-order valence-corrected chi connectivity index (χ3v) is 12.9. The van der Waals surface area contributed by atoms with Gasteiger partial charge in [0.1, 0.15) is 23.0 Å². The maximum atomic E-state index is 12.4. The van der Waals surface area contributed by atoms with Gasteiger partial charge in [0.25, 0.3) is 0 Å². The number of aliphatic imine (C=N–C) groups is 4. The molecule has 4 N–H and O–H groups in total. The lowest BCUT2D eigenvalue weighted by atomic mass is 9.89. The van der Waals surface area contributed by atoms with Crippen LogP contribution in [-0.2, 0) is 0 Å². The molecule has 0 unspecified atom stereocenters. The van der Waals surface area contributed by atoms with Gasteiger partial charge in [0.2, 0.25) is 0 Å². The average Bonchev–Trinajstić information content (AvgIpc) is 3.33. The molecular formula is C56H34Br2N4O4. The van der Waals surface area contributed by atoms with Crippen molar-refractivity contribution in [2.45, 2.75) is 0 Å². The molecule has 0 radical (unpaired) electrons. The first-order chi connectivity index (χ1) is 32.2. The molecule has 0 saturated heterocycles. The molecular weight excluding hydrogens is 952 g/mol. The Kier molecular flexibility index (Phi) is 10.3. The molecule has 0 fully saturated rings. The van der Waals surface area contributed by atoms with E-state index in [0.29, 0.717) is 67.3 Å². The van der Waals surface area contributed by atoms with Crippen molar-refractivity contribution in [3.8, 4) is 45.3 Å². The van der Waals surface area contributed by atoms with Crippen LogP contribution < -0.4 is 0 Å². The fraction of sp³-hybridized carbons (Fsp3) is 0. The van der Waals surface area contributed by atoms with Gasteiger partial charge < -0.3 is 20.4 Å². The van der Waals surface area contributed by atoms with Crippen LogP contribution in [0.2, 0.25) is 0 Å². The van der Waals surface area contributed by atoms with Crippen LogP contribution in [0.25, 0.3) is 65.3 Å². The standard InChI is InChI=1S/C56H34Br2N4O4/c57-39-17-19-45-47(25-39)61-29-37-23-33-11-3-7-15-43(33)51(55(37)65)52-44-16-8-4-12-34(44)24-38(56(52)66)30-62-48-26-40(58)18-20-46(48)60-28-36-22-32-10-2-6-14-42(32)50(54(36)64)49-41-13-5-1-9-31(41)21-35(27-59-45)53(49)63/h1-30,63-66H. The summed E-state index contributed by atoms with van der Waals surface area (Å²) in [6.45, 7) is 0. The fourth-order valence-electron chi connectivity index (χ4n) is 8.81. The summed E-state index contributed by atoms with van der Waals surface area (Å²) in [5.41, 5.74) is 5.37. The van der Waals surface area contributed by atoms with Crippen molar-refractivity contribution in [3.63, 3.8) is 0 Å². The third kappa shape index (κ3) is 7.17. The number of phenolic OH excluding ortho intramolecular Hbond substituents is 4. The predicted molar refractivity (Wildman–Crippen MR) is 278 cm³/mol. The summed E-state index contributed by atoms with van der Waals surface area (Å²) in [5, 5.41) is 55.7. The molecule has 0 saturated carbocycles. The second-order valence-electron chi connectivity index (χ2n) is 15.9. The molecule has 0 aromatic heterocycles. The predicted octanol–water partition coefficient (Wildman–Crippen LogP) is 15.3. The Balaban J connectivity index is 1.22. The fourth-order valence-corrected chi connectivity index (χ4v) is 9.51. The van der Waals surface area contributed by atoms with Crippen LogP contribution in [0.5, 0.6) is 23.0 Å². The molecule has 10 aromatic rings. The minimum absolute atomic E-state index is 0.0688. The van der Waals surface area contributed by atoms with Crippen LogP contribution in [0.1, 0.15) is 22.3 Å². The van der Waals surface area contributed by atoms with E-state index in [2.05, 4.69) is 31.9 Å². The maximum Gasteiger partial charge on any atom is 0.132 e. The first-order valence-corrected chi connectivity index (χ1v) is 22.5. The van der Waals surface area contributed by atoms with Gasteiger partial charge in [-0.3, -0.25) is 20.0 Å². The Morgan fingerprint density at radius 3 is 0.833 bits per heavy atom. The van der Waals surface area contributed by atoms with Gasteiger partial charge in [-0.25, -0.2) is 0 Å². The first kappa shape index (κ1) is 40.8. The first-order valence-electron chi connectivity index (χ1n) is 20.9. The summed E-state index contributed by atoms with van der Waals surface area (Å²) in [5.74, 6) is -0.281. The second kappa shape index (κ2) is 16.6. The summed E-state index contributed by atoms with van der Waals surface area (Å²) in [6, 6.07) is 49.3. The van der Waals surface area contributed by atoms with Gasteiger partial charge in [-0.1, -0.05) is 129 Å². The highest BCUT2D eigenvalue weighted by molar-refractivity contribution is 9.10. The second-order valence-corrected chi connectivity index (χ2v) is 17.8. The number of halogens is 2. The van der Waals surface area contributed by atoms with Crippen molar-refractivity contribution in [1.29, 1.82) is 0 Å². The van der Waals surface area contributed by atoms with Gasteiger partial charge in [-0.15, -0.1) is 0 Å². The topological polar surface area (TPSA) is 130 Å². The third-order valence-electron chi connectivity index (χ3n) is 12.0. The van der Waals surface area contributed by atoms with Gasteiger partial charge in [0.15, 0.2) is 0 Å². The smallest absolute Gasteiger partial charge is 0.132 e. The van der Waals surface area contributed by atoms with Gasteiger partial charge in [-0.05, 0) is 104 Å². The number of phenols is 4. The van der Waals surface area contributed by atoms with E-state index in [1.54, 1.807) is 24.9 Å². The summed E-state index contributed by atoms with van der Waals surface area (Å²) in [6.07, 6.45) is 6.38. The molecule has 0 atom stereocenters. The van der Waals surface area contributed by atoms with Gasteiger partial charge in [0, 0.05) is 78.3 Å². The number of fused-ring (bicyclic) bond motifs is 20. The number of hydrogen-bond acceptors (Lipinski definition) is 8. The van der Waals surface area contributed by atoms with Crippen molar-refractivity contribution < 1.29 is 20.4 Å². The Hall–Kier alpha value is -7.92. The number of nitrogens with zero attached hydrogens (tertiary/aromatic N) is 4. The Bertz CT molecular complexity index is 3560. The molecule has 316 valence electrons. The zero-order valence-corrected chi connectivity index (χ0v) is 37.8. The quantitative estimate of drug-likeness (QED) is 0.121. The van der Waals surface area contributed by atoms with Crippen molar-refractivity contribution >= 4 is 123 Å². The summed E-state index contributed by atoms with van der Waals surface area (Å²) in [7, 11) is 0. The van der Waals surface area contributed by atoms with E-state index >= 15 is 0 Å². The Labute approximate surface area is 394 Å². The number of rotatable bonds is 0. The zero-order valence-electron chi connectivity index (χ0n) is 34.7. The van der Waals surface area contributed by atoms with Crippen LogP contribution in [0.4, 0.5) is 22.7 Å². The summed E-state index contributed by atoms with van der Waals surface area (Å²) < 4.78 is 1.52. The molecule has 1 aliphatic rings. The molecule has 0 spiro atoms. The molecule has 0 amide bonds. The molecule has 10 aromatic carbocycles. The lowest BCUT2D eigenvalue weighted by Crippen LogP contribution is -1.95. The van der Waals surface area contributed by atoms with Crippen molar-refractivity contribution in [2.24, 2.45) is 20.0 Å². The normalized spacial score (nSPS) is 12.4. The van der Waals surface area contributed by atoms with Gasteiger partial charge in [0.05, 0.1) is 22.7 Å². The van der Waals surface area contributed by atoms with E-state index in [9.17, 15) is 20.4 Å². The molecule has 1 heterocycles. The van der Waals surface area contributed by atoms with Crippen molar-refractivity contribution in [3.05, 3.63) is 189 Å². The summed E-state index contributed by atoms with van der Waals surface area (Å²) >= 11 is 7.21. The van der Waals surface area contributed by atoms with E-state index in [0.717, 1.165) is 52.0 Å². The van der Waals surface area contributed by atoms with Crippen LogP contribution in [-0.4, -0.2) is 45.3 Å². The van der Waals surface area contributed by atoms with E-state index in [1.807, 2.05) is 158 Å². The van der Waals surface area contributed by atoms with Gasteiger partial charge >= 0.3 is 0 Å². The Morgan fingerprint density at radius 1 is 0.288 bits per heavy atom. The van der Waals surface area contributed by atoms with Crippen LogP contribution in [0.3, 0.4) is 0 Å². The monoisotopic (exact) mass is 984 g/mol. The lowest BCUT2D eigenvalue weighted by molar-refractivity contribution is 0.469. The van der Waals surface area contributed by atoms with Crippen LogP contribution in [0.15, 0.2) is 187 Å². The highest BCUT2D eigenvalue weighted by Gasteiger charge is 2.24. The largest absolute Gasteiger partial charge is 0.507 e. The van der Waals surface area contributed by atoms with E-state index in [1.165, 1.54) is 0 Å². The minimum atomic E-state index is -0.0716. The number of benzene rings is 10. The highest BCUT2D eigenvalue weighted by Crippen LogP contribution is 2.49. The molecule has 8 bridgehead atoms. The molecule has 1 aliphatic heterocycles. The number of hydrogen-bond donors (Lipinski definition) is 4. The minimum Gasteiger partial charge on any atom is -0.507 e. The average molecular weight is 987 g/mol. The van der Waals surface area contributed by atoms with Gasteiger partial charge in [-0.2, -0.15) is 0 Å². The Morgan fingerprint density at radius 2 is 0.545 bits per heavy atom. The zero-order chi connectivity index (χ0) is 45.1. The van der Waals surface area contributed by atoms with E-state index in [4.69, 9.17) is 20.0 Å².